The van der Waals surface area contributed by atoms with E-state index in [0.717, 1.165) is 0 Å². The number of nitrogens with zero attached hydrogens (tertiary/aromatic N) is 2. The van der Waals surface area contributed by atoms with Crippen molar-refractivity contribution in [2.75, 3.05) is 0 Å². The Morgan fingerprint density at radius 2 is 2.16 bits per heavy atom. The van der Waals surface area contributed by atoms with Crippen molar-refractivity contribution < 1.29 is 14.7 Å². The van der Waals surface area contributed by atoms with Crippen molar-refractivity contribution in [3.05, 3.63) is 34.7 Å². The molecule has 0 atom stereocenters. The summed E-state index contributed by atoms with van der Waals surface area (Å²) in [5, 5.41) is 17.9. The normalized spacial score (nSPS) is 10.4. The lowest BCUT2D eigenvalue weighted by Crippen LogP contribution is -2.24. The monoisotopic (exact) mass is 263 g/mol. The van der Waals surface area contributed by atoms with Gasteiger partial charge in [0.15, 0.2) is 0 Å². The van der Waals surface area contributed by atoms with Gasteiger partial charge >= 0.3 is 5.97 Å². The van der Waals surface area contributed by atoms with Crippen LogP contribution in [0.25, 0.3) is 0 Å². The van der Waals surface area contributed by atoms with Crippen LogP contribution in [0.15, 0.2) is 6.33 Å². The Balaban J connectivity index is 2.17. The Morgan fingerprint density at radius 1 is 1.42 bits per heavy atom. The van der Waals surface area contributed by atoms with Gasteiger partial charge in [-0.2, -0.15) is 5.10 Å². The van der Waals surface area contributed by atoms with Gasteiger partial charge in [-0.3, -0.25) is 9.89 Å². The molecule has 0 bridgehead atoms. The number of hydrogen-bond acceptors (Lipinski definition) is 4. The Morgan fingerprint density at radius 3 is 2.68 bits per heavy atom. The van der Waals surface area contributed by atoms with Crippen molar-refractivity contribution in [1.82, 2.24) is 25.5 Å². The van der Waals surface area contributed by atoms with E-state index in [1.54, 1.807) is 13.8 Å². The van der Waals surface area contributed by atoms with Gasteiger partial charge in [-0.05, 0) is 19.4 Å². The van der Waals surface area contributed by atoms with Crippen molar-refractivity contribution in [2.24, 2.45) is 0 Å². The van der Waals surface area contributed by atoms with Crippen LogP contribution in [0.2, 0.25) is 0 Å². The van der Waals surface area contributed by atoms with Gasteiger partial charge < -0.3 is 15.4 Å². The Bertz CT molecular complexity index is 615. The molecule has 19 heavy (non-hydrogen) atoms. The van der Waals surface area contributed by atoms with E-state index in [1.807, 2.05) is 0 Å². The van der Waals surface area contributed by atoms with Crippen LogP contribution < -0.4 is 5.32 Å². The summed E-state index contributed by atoms with van der Waals surface area (Å²) in [5.41, 5.74) is 1.31. The molecule has 100 valence electrons. The molecule has 0 unspecified atom stereocenters. The predicted octanol–water partition coefficient (Wildman–Crippen LogP) is 0.378. The van der Waals surface area contributed by atoms with Gasteiger partial charge in [-0.15, -0.1) is 0 Å². The number of nitrogens with one attached hydrogen (secondary N) is 3. The first-order chi connectivity index (χ1) is 9.00. The van der Waals surface area contributed by atoms with Crippen molar-refractivity contribution in [3.8, 4) is 0 Å². The maximum Gasteiger partial charge on any atom is 0.352 e. The fourth-order valence-corrected chi connectivity index (χ4v) is 1.87. The van der Waals surface area contributed by atoms with E-state index in [9.17, 15) is 9.59 Å². The molecule has 8 nitrogen and oxygen atoms in total. The molecule has 8 heteroatoms. The number of rotatable bonds is 4. The molecule has 2 aromatic rings. The zero-order valence-corrected chi connectivity index (χ0v) is 10.4. The second kappa shape index (κ2) is 4.92. The highest BCUT2D eigenvalue weighted by atomic mass is 16.4. The summed E-state index contributed by atoms with van der Waals surface area (Å²) in [6.07, 6.45) is 1.34. The third-order valence-electron chi connectivity index (χ3n) is 2.76. The zero-order chi connectivity index (χ0) is 14.0. The fourth-order valence-electron chi connectivity index (χ4n) is 1.87. The van der Waals surface area contributed by atoms with Crippen molar-refractivity contribution in [3.63, 3.8) is 0 Å². The Labute approximate surface area is 108 Å². The molecule has 0 aromatic carbocycles. The van der Waals surface area contributed by atoms with Gasteiger partial charge in [0.05, 0.1) is 12.1 Å². The van der Waals surface area contributed by atoms with Gasteiger partial charge in [0, 0.05) is 5.69 Å². The predicted molar refractivity (Wildman–Crippen MR) is 64.8 cm³/mol. The van der Waals surface area contributed by atoms with Crippen LogP contribution in [-0.4, -0.2) is 37.1 Å². The number of H-pyrrole nitrogens is 2. The lowest BCUT2D eigenvalue weighted by Gasteiger charge is -2.03. The molecule has 0 fully saturated rings. The number of carboxylic acids is 1. The minimum Gasteiger partial charge on any atom is -0.477 e. The summed E-state index contributed by atoms with van der Waals surface area (Å²) < 4.78 is 0. The summed E-state index contributed by atoms with van der Waals surface area (Å²) in [6, 6.07) is 0. The first-order valence-corrected chi connectivity index (χ1v) is 5.55. The van der Waals surface area contributed by atoms with E-state index in [0.29, 0.717) is 22.6 Å². The summed E-state index contributed by atoms with van der Waals surface area (Å²) in [4.78, 5) is 29.6. The van der Waals surface area contributed by atoms with E-state index >= 15 is 0 Å². The number of aromatic carboxylic acids is 1. The standard InChI is InChI=1S/C11H13N5O3/c1-5-8(6(2)15-9(5)11(18)19)10(17)12-3-7-13-4-14-16-7/h4,15H,3H2,1-2H3,(H,12,17)(H,18,19)(H,13,14,16). The maximum atomic E-state index is 12.0. The van der Waals surface area contributed by atoms with Gasteiger partial charge in [0.1, 0.15) is 17.8 Å². The number of aromatic amines is 2. The van der Waals surface area contributed by atoms with Crippen molar-refractivity contribution in [1.29, 1.82) is 0 Å². The number of aryl methyl sites for hydroxylation is 1. The van der Waals surface area contributed by atoms with Crippen LogP contribution in [0.5, 0.6) is 0 Å². The number of aromatic nitrogens is 4. The highest BCUT2D eigenvalue weighted by molar-refractivity contribution is 6.00. The zero-order valence-electron chi connectivity index (χ0n) is 10.4. The first-order valence-electron chi connectivity index (χ1n) is 5.55. The third-order valence-corrected chi connectivity index (χ3v) is 2.76. The second-order valence-electron chi connectivity index (χ2n) is 4.04. The minimum atomic E-state index is -1.09. The van der Waals surface area contributed by atoms with E-state index in [-0.39, 0.29) is 18.1 Å². The van der Waals surface area contributed by atoms with E-state index in [4.69, 9.17) is 5.11 Å². The lowest BCUT2D eigenvalue weighted by molar-refractivity contribution is 0.0690. The molecule has 0 spiro atoms. The van der Waals surface area contributed by atoms with Gasteiger partial charge in [-0.25, -0.2) is 9.78 Å². The van der Waals surface area contributed by atoms with E-state index in [1.165, 1.54) is 6.33 Å². The quantitative estimate of drug-likeness (QED) is 0.634. The average molecular weight is 263 g/mol. The molecule has 2 heterocycles. The highest BCUT2D eigenvalue weighted by Crippen LogP contribution is 2.17. The Kier molecular flexibility index (Phi) is 3.32. The number of carbonyl (C=O) groups is 2. The summed E-state index contributed by atoms with van der Waals surface area (Å²) in [5.74, 6) is -0.914. The summed E-state index contributed by atoms with van der Waals surface area (Å²) in [7, 11) is 0. The summed E-state index contributed by atoms with van der Waals surface area (Å²) in [6.45, 7) is 3.45. The first kappa shape index (κ1) is 12.8. The van der Waals surface area contributed by atoms with Crippen LogP contribution in [0.3, 0.4) is 0 Å². The summed E-state index contributed by atoms with van der Waals surface area (Å²) >= 11 is 0. The van der Waals surface area contributed by atoms with Crippen LogP contribution >= 0.6 is 0 Å². The highest BCUT2D eigenvalue weighted by Gasteiger charge is 2.21. The van der Waals surface area contributed by atoms with E-state index in [2.05, 4.69) is 25.5 Å². The molecule has 4 N–H and O–H groups in total. The van der Waals surface area contributed by atoms with E-state index < -0.39 is 5.97 Å². The molecule has 2 aromatic heterocycles. The van der Waals surface area contributed by atoms with Gasteiger partial charge in [0.2, 0.25) is 0 Å². The molecular weight excluding hydrogens is 250 g/mol. The molecule has 0 aliphatic carbocycles. The van der Waals surface area contributed by atoms with Crippen LogP contribution in [-0.2, 0) is 6.54 Å². The van der Waals surface area contributed by atoms with Gasteiger partial charge in [-0.1, -0.05) is 0 Å². The molecule has 1 amide bonds. The third kappa shape index (κ3) is 2.46. The van der Waals surface area contributed by atoms with Crippen LogP contribution in [0.4, 0.5) is 0 Å². The Hall–Kier alpha value is -2.64. The largest absolute Gasteiger partial charge is 0.477 e. The average Bonchev–Trinajstić information content (AvgIpc) is 2.94. The number of amides is 1. The lowest BCUT2D eigenvalue weighted by atomic mass is 10.1. The number of carboxylic acid groups (broad SMARTS) is 1. The number of hydrogen-bond donors (Lipinski definition) is 4. The number of carbonyl (C=O) groups excluding carboxylic acids is 1. The SMILES string of the molecule is Cc1[nH]c(C(=O)O)c(C)c1C(=O)NCc1ncn[nH]1. The molecule has 0 saturated carbocycles. The fraction of sp³-hybridized carbons (Fsp3) is 0.273. The molecule has 0 aliphatic heterocycles. The smallest absolute Gasteiger partial charge is 0.352 e. The topological polar surface area (TPSA) is 124 Å². The maximum absolute atomic E-state index is 12.0. The van der Waals surface area contributed by atoms with Crippen LogP contribution in [0.1, 0.15) is 37.9 Å². The molecule has 2 rings (SSSR count). The second-order valence-corrected chi connectivity index (χ2v) is 4.04. The molecular formula is C11H13N5O3. The molecule has 0 radical (unpaired) electrons. The molecule has 0 saturated heterocycles. The van der Waals surface area contributed by atoms with Gasteiger partial charge in [0.25, 0.3) is 5.91 Å². The van der Waals surface area contributed by atoms with Crippen LogP contribution in [0, 0.1) is 13.8 Å². The van der Waals surface area contributed by atoms with Crippen molar-refractivity contribution in [2.45, 2.75) is 20.4 Å². The molecule has 0 aliphatic rings. The van der Waals surface area contributed by atoms with Crippen molar-refractivity contribution >= 4 is 11.9 Å². The minimum absolute atomic E-state index is 0.0299.